The highest BCUT2D eigenvalue weighted by Crippen LogP contribution is 2.35. The molecule has 5 rings (SSSR count). The number of aromatic nitrogens is 1. The summed E-state index contributed by atoms with van der Waals surface area (Å²) in [6, 6.07) is 20.8. The third-order valence-electron chi connectivity index (χ3n) is 5.94. The van der Waals surface area contributed by atoms with Gasteiger partial charge in [0.15, 0.2) is 16.6 Å². The van der Waals surface area contributed by atoms with Crippen LogP contribution in [0.1, 0.15) is 11.1 Å². The largest absolute Gasteiger partial charge is 0.497 e. The maximum absolute atomic E-state index is 13.0. The fourth-order valence-corrected chi connectivity index (χ4v) is 4.30. The van der Waals surface area contributed by atoms with Crippen LogP contribution in [0.2, 0.25) is 0 Å². The SMILES string of the molecule is COc1ccc(CN(Cc2cc3cc4c(cc3[nH]c2=O)OCO4)C(=S)Nc2ccccc2OC)cc1. The van der Waals surface area contributed by atoms with E-state index in [0.717, 1.165) is 22.4 Å². The highest BCUT2D eigenvalue weighted by molar-refractivity contribution is 7.80. The van der Waals surface area contributed by atoms with E-state index >= 15 is 0 Å². The topological polar surface area (TPSA) is 85.1 Å². The van der Waals surface area contributed by atoms with Crippen LogP contribution in [0.15, 0.2) is 71.5 Å². The summed E-state index contributed by atoms with van der Waals surface area (Å²) in [4.78, 5) is 17.9. The van der Waals surface area contributed by atoms with Gasteiger partial charge in [-0.1, -0.05) is 24.3 Å². The molecule has 0 radical (unpaired) electrons. The summed E-state index contributed by atoms with van der Waals surface area (Å²) in [6.45, 7) is 0.928. The average Bonchev–Trinajstić information content (AvgIpc) is 3.35. The maximum Gasteiger partial charge on any atom is 0.253 e. The Bertz CT molecular complexity index is 1470. The number of anilines is 1. The molecule has 1 aliphatic rings. The Hall–Kier alpha value is -4.24. The quantitative estimate of drug-likeness (QED) is 0.352. The Kier molecular flexibility index (Phi) is 6.64. The minimum Gasteiger partial charge on any atom is -0.497 e. The Morgan fingerprint density at radius 2 is 1.75 bits per heavy atom. The molecule has 2 heterocycles. The van der Waals surface area contributed by atoms with E-state index in [1.165, 1.54) is 0 Å². The number of benzene rings is 3. The number of pyridine rings is 1. The Morgan fingerprint density at radius 1 is 1.00 bits per heavy atom. The number of fused-ring (bicyclic) bond motifs is 2. The first kappa shape index (κ1) is 23.5. The number of H-pyrrole nitrogens is 1. The van der Waals surface area contributed by atoms with Crippen molar-refractivity contribution in [2.24, 2.45) is 0 Å². The van der Waals surface area contributed by atoms with Crippen molar-refractivity contribution in [2.45, 2.75) is 13.1 Å². The first-order chi connectivity index (χ1) is 17.5. The van der Waals surface area contributed by atoms with Crippen LogP contribution in [-0.4, -0.2) is 36.0 Å². The zero-order valence-electron chi connectivity index (χ0n) is 19.9. The molecule has 0 unspecified atom stereocenters. The lowest BCUT2D eigenvalue weighted by Crippen LogP contribution is -2.35. The third-order valence-corrected chi connectivity index (χ3v) is 6.30. The normalized spacial score (nSPS) is 11.8. The van der Waals surface area contributed by atoms with Gasteiger partial charge in [-0.15, -0.1) is 0 Å². The Morgan fingerprint density at radius 3 is 2.50 bits per heavy atom. The van der Waals surface area contributed by atoms with Crippen molar-refractivity contribution in [3.05, 3.63) is 88.2 Å². The molecule has 4 aromatic rings. The second-order valence-electron chi connectivity index (χ2n) is 8.25. The summed E-state index contributed by atoms with van der Waals surface area (Å²) in [5.74, 6) is 2.71. The molecule has 36 heavy (non-hydrogen) atoms. The van der Waals surface area contributed by atoms with Gasteiger partial charge in [-0.2, -0.15) is 0 Å². The molecule has 0 amide bonds. The third kappa shape index (κ3) is 4.92. The average molecular weight is 504 g/mol. The number of nitrogens with one attached hydrogen (secondary N) is 2. The van der Waals surface area contributed by atoms with E-state index in [1.807, 2.05) is 65.6 Å². The van der Waals surface area contributed by atoms with Gasteiger partial charge in [0.05, 0.1) is 32.0 Å². The number of rotatable bonds is 7. The Labute approximate surface area is 213 Å². The summed E-state index contributed by atoms with van der Waals surface area (Å²) in [5.41, 5.74) is 2.81. The van der Waals surface area contributed by atoms with Crippen LogP contribution >= 0.6 is 12.2 Å². The van der Waals surface area contributed by atoms with Crippen LogP contribution < -0.4 is 29.8 Å². The molecule has 184 valence electrons. The van der Waals surface area contributed by atoms with Crippen molar-refractivity contribution in [3.63, 3.8) is 0 Å². The number of nitrogens with zero attached hydrogens (tertiary/aromatic N) is 1. The highest BCUT2D eigenvalue weighted by atomic mass is 32.1. The Balaban J connectivity index is 1.47. The smallest absolute Gasteiger partial charge is 0.253 e. The molecule has 1 aromatic heterocycles. The zero-order chi connectivity index (χ0) is 25.1. The molecule has 0 bridgehead atoms. The van der Waals surface area contributed by atoms with Gasteiger partial charge in [-0.05, 0) is 54.2 Å². The van der Waals surface area contributed by atoms with Gasteiger partial charge in [-0.25, -0.2) is 0 Å². The molecule has 9 heteroatoms. The van der Waals surface area contributed by atoms with Crippen molar-refractivity contribution in [1.29, 1.82) is 0 Å². The van der Waals surface area contributed by atoms with Crippen LogP contribution in [0.5, 0.6) is 23.0 Å². The van der Waals surface area contributed by atoms with Crippen LogP contribution in [0, 0.1) is 0 Å². The molecule has 0 fully saturated rings. The predicted molar refractivity (Wildman–Crippen MR) is 142 cm³/mol. The fourth-order valence-electron chi connectivity index (χ4n) is 4.06. The van der Waals surface area contributed by atoms with Crippen molar-refractivity contribution in [2.75, 3.05) is 26.3 Å². The summed E-state index contributed by atoms with van der Waals surface area (Å²) in [5, 5.41) is 4.58. The highest BCUT2D eigenvalue weighted by Gasteiger charge is 2.18. The molecule has 0 spiro atoms. The number of methoxy groups -OCH3 is 2. The van der Waals surface area contributed by atoms with Gasteiger partial charge >= 0.3 is 0 Å². The second kappa shape index (κ2) is 10.2. The van der Waals surface area contributed by atoms with E-state index in [9.17, 15) is 4.79 Å². The van der Waals surface area contributed by atoms with Gasteiger partial charge in [0.1, 0.15) is 11.5 Å². The summed E-state index contributed by atoms with van der Waals surface area (Å²) in [7, 11) is 3.24. The van der Waals surface area contributed by atoms with E-state index in [2.05, 4.69) is 10.3 Å². The van der Waals surface area contributed by atoms with Crippen molar-refractivity contribution < 1.29 is 18.9 Å². The van der Waals surface area contributed by atoms with E-state index in [1.54, 1.807) is 20.3 Å². The number of thiocarbonyl (C=S) groups is 1. The lowest BCUT2D eigenvalue weighted by atomic mass is 10.1. The number of aromatic amines is 1. The van der Waals surface area contributed by atoms with Gasteiger partial charge in [0.25, 0.3) is 5.56 Å². The van der Waals surface area contributed by atoms with E-state index in [-0.39, 0.29) is 18.9 Å². The summed E-state index contributed by atoms with van der Waals surface area (Å²) < 4.78 is 21.7. The molecule has 3 aromatic carbocycles. The minimum atomic E-state index is -0.193. The molecule has 1 aliphatic heterocycles. The predicted octanol–water partition coefficient (Wildman–Crippen LogP) is 4.67. The first-order valence-corrected chi connectivity index (χ1v) is 11.7. The van der Waals surface area contributed by atoms with Crippen molar-refractivity contribution in [1.82, 2.24) is 9.88 Å². The number of para-hydroxylation sites is 2. The number of hydrogen-bond acceptors (Lipinski definition) is 6. The van der Waals surface area contributed by atoms with Crippen LogP contribution in [0.4, 0.5) is 5.69 Å². The molecule has 0 atom stereocenters. The van der Waals surface area contributed by atoms with E-state index < -0.39 is 0 Å². The molecule has 2 N–H and O–H groups in total. The molecular formula is C27H25N3O5S. The minimum absolute atomic E-state index is 0.168. The maximum atomic E-state index is 13.0. The molecule has 0 aliphatic carbocycles. The van der Waals surface area contributed by atoms with Gasteiger partial charge in [0, 0.05) is 23.6 Å². The number of ether oxygens (including phenoxy) is 4. The lowest BCUT2D eigenvalue weighted by molar-refractivity contribution is 0.174. The monoisotopic (exact) mass is 503 g/mol. The van der Waals surface area contributed by atoms with Crippen molar-refractivity contribution in [3.8, 4) is 23.0 Å². The molecule has 0 saturated heterocycles. The fraction of sp³-hybridized carbons (Fsp3) is 0.185. The number of hydrogen-bond donors (Lipinski definition) is 2. The van der Waals surface area contributed by atoms with Gasteiger partial charge < -0.3 is 34.1 Å². The second-order valence-corrected chi connectivity index (χ2v) is 8.64. The van der Waals surface area contributed by atoms with Crippen LogP contribution in [-0.2, 0) is 13.1 Å². The van der Waals surface area contributed by atoms with Crippen molar-refractivity contribution >= 4 is 33.9 Å². The van der Waals surface area contributed by atoms with E-state index in [4.69, 9.17) is 31.2 Å². The summed E-state index contributed by atoms with van der Waals surface area (Å²) >= 11 is 5.80. The van der Waals surface area contributed by atoms with Crippen LogP contribution in [0.3, 0.4) is 0 Å². The van der Waals surface area contributed by atoms with Crippen LogP contribution in [0.25, 0.3) is 10.9 Å². The van der Waals surface area contributed by atoms with E-state index in [0.29, 0.717) is 40.0 Å². The zero-order valence-corrected chi connectivity index (χ0v) is 20.7. The molecule has 8 nitrogen and oxygen atoms in total. The molecular weight excluding hydrogens is 478 g/mol. The summed E-state index contributed by atoms with van der Waals surface area (Å²) in [6.07, 6.45) is 0. The standard InChI is InChI=1S/C27H25N3O5S/c1-32-20-9-7-17(8-10-20)14-30(27(36)29-21-5-3-4-6-23(21)33-2)15-19-11-18-12-24-25(35-16-34-24)13-22(18)28-26(19)31/h3-13H,14-16H2,1-2H3,(H,28,31)(H,29,36). The lowest BCUT2D eigenvalue weighted by Gasteiger charge is -2.26. The van der Waals surface area contributed by atoms with Gasteiger partial charge in [0.2, 0.25) is 6.79 Å². The van der Waals surface area contributed by atoms with Gasteiger partial charge in [-0.3, -0.25) is 4.79 Å². The first-order valence-electron chi connectivity index (χ1n) is 11.3. The molecule has 0 saturated carbocycles.